The minimum Gasteiger partial charge on any atom is -0.264 e. The van der Waals surface area contributed by atoms with Crippen LogP contribution in [0.4, 0.5) is 0 Å². The molecule has 0 amide bonds. The minimum absolute atomic E-state index is 0.661. The molecule has 1 heterocycles. The third kappa shape index (κ3) is 4.33. The zero-order chi connectivity index (χ0) is 13.7. The van der Waals surface area contributed by atoms with E-state index in [0.29, 0.717) is 5.92 Å². The molecule has 1 fully saturated rings. The van der Waals surface area contributed by atoms with E-state index >= 15 is 0 Å². The smallest absolute Gasteiger partial charge is 0.0302 e. The zero-order valence-electron chi connectivity index (χ0n) is 12.8. The lowest BCUT2D eigenvalue weighted by Gasteiger charge is -2.20. The van der Waals surface area contributed by atoms with Crippen LogP contribution in [-0.2, 0) is 0 Å². The first-order chi connectivity index (χ1) is 9.16. The molecular weight excluding hydrogens is 230 g/mol. The Morgan fingerprint density at radius 2 is 2.00 bits per heavy atom. The van der Waals surface area contributed by atoms with Crippen molar-refractivity contribution in [2.45, 2.75) is 65.2 Å². The quantitative estimate of drug-likeness (QED) is 0.657. The van der Waals surface area contributed by atoms with Crippen molar-refractivity contribution in [3.8, 4) is 0 Å². The van der Waals surface area contributed by atoms with E-state index in [1.807, 2.05) is 12.4 Å². The molecule has 3 atom stereocenters. The lowest BCUT2D eigenvalue weighted by molar-refractivity contribution is 0.330. The van der Waals surface area contributed by atoms with Gasteiger partial charge in [0.05, 0.1) is 0 Å². The zero-order valence-corrected chi connectivity index (χ0v) is 12.8. The molecule has 3 unspecified atom stereocenters. The Balaban J connectivity index is 1.86. The lowest BCUT2D eigenvalue weighted by atomic mass is 9.85. The first-order valence-corrected chi connectivity index (χ1v) is 8.06. The van der Waals surface area contributed by atoms with Gasteiger partial charge in [-0.05, 0) is 48.1 Å². The van der Waals surface area contributed by atoms with Gasteiger partial charge in [-0.25, -0.2) is 0 Å². The van der Waals surface area contributed by atoms with Gasteiger partial charge in [0.2, 0.25) is 0 Å². The van der Waals surface area contributed by atoms with Gasteiger partial charge in [-0.2, -0.15) is 0 Å². The van der Waals surface area contributed by atoms with Crippen molar-refractivity contribution in [3.05, 3.63) is 30.1 Å². The second kappa shape index (κ2) is 7.07. The third-order valence-electron chi connectivity index (χ3n) is 5.02. The van der Waals surface area contributed by atoms with Crippen LogP contribution in [0.25, 0.3) is 0 Å². The summed E-state index contributed by atoms with van der Waals surface area (Å²) in [4.78, 5) is 4.25. The Hall–Kier alpha value is -0.850. The second-order valence-electron chi connectivity index (χ2n) is 6.80. The molecule has 1 aliphatic rings. The maximum absolute atomic E-state index is 4.25. The Labute approximate surface area is 118 Å². The fourth-order valence-electron chi connectivity index (χ4n) is 3.61. The molecule has 0 saturated heterocycles. The molecule has 0 spiro atoms. The van der Waals surface area contributed by atoms with Crippen LogP contribution in [0.15, 0.2) is 24.5 Å². The molecule has 1 nitrogen and oxygen atoms in total. The van der Waals surface area contributed by atoms with Crippen molar-refractivity contribution in [1.82, 2.24) is 4.98 Å². The van der Waals surface area contributed by atoms with Gasteiger partial charge in [-0.1, -0.05) is 52.5 Å². The molecule has 19 heavy (non-hydrogen) atoms. The molecule has 1 aliphatic carbocycles. The van der Waals surface area contributed by atoms with Crippen LogP contribution in [0.3, 0.4) is 0 Å². The summed E-state index contributed by atoms with van der Waals surface area (Å²) >= 11 is 0. The summed E-state index contributed by atoms with van der Waals surface area (Å²) in [6.45, 7) is 7.15. The number of pyridine rings is 1. The van der Waals surface area contributed by atoms with Crippen LogP contribution >= 0.6 is 0 Å². The summed E-state index contributed by atoms with van der Waals surface area (Å²) in [5.41, 5.74) is 1.41. The van der Waals surface area contributed by atoms with Crippen LogP contribution in [0.2, 0.25) is 0 Å². The highest BCUT2D eigenvalue weighted by Gasteiger charge is 2.22. The van der Waals surface area contributed by atoms with E-state index in [9.17, 15) is 0 Å². The third-order valence-corrected chi connectivity index (χ3v) is 5.02. The van der Waals surface area contributed by atoms with Gasteiger partial charge in [0.25, 0.3) is 0 Å². The largest absolute Gasteiger partial charge is 0.264 e. The van der Waals surface area contributed by atoms with Crippen molar-refractivity contribution in [3.63, 3.8) is 0 Å². The first-order valence-electron chi connectivity index (χ1n) is 8.06. The summed E-state index contributed by atoms with van der Waals surface area (Å²) < 4.78 is 0. The van der Waals surface area contributed by atoms with Crippen LogP contribution < -0.4 is 0 Å². The fourth-order valence-corrected chi connectivity index (χ4v) is 3.61. The van der Waals surface area contributed by atoms with Gasteiger partial charge in [-0.3, -0.25) is 4.98 Å². The molecule has 0 aromatic carbocycles. The molecular formula is C18H29N. The maximum atomic E-state index is 4.25. The topological polar surface area (TPSA) is 12.9 Å². The predicted octanol–water partition coefficient (Wildman–Crippen LogP) is 5.43. The Morgan fingerprint density at radius 1 is 1.16 bits per heavy atom. The Morgan fingerprint density at radius 3 is 2.68 bits per heavy atom. The van der Waals surface area contributed by atoms with Gasteiger partial charge in [0.1, 0.15) is 0 Å². The average Bonchev–Trinajstić information content (AvgIpc) is 2.65. The standard InChI is InChI=1S/C18H29N/c1-14(2)17-7-4-6-16(9-10-17)12-15(3)18-8-5-11-19-13-18/h5,8,11,13-17H,4,6-7,9-10,12H2,1-3H3. The van der Waals surface area contributed by atoms with Crippen LogP contribution in [0.5, 0.6) is 0 Å². The van der Waals surface area contributed by atoms with Gasteiger partial charge in [-0.15, -0.1) is 0 Å². The molecule has 1 heteroatoms. The summed E-state index contributed by atoms with van der Waals surface area (Å²) in [7, 11) is 0. The van der Waals surface area contributed by atoms with E-state index in [1.165, 1.54) is 44.1 Å². The second-order valence-corrected chi connectivity index (χ2v) is 6.80. The summed E-state index contributed by atoms with van der Waals surface area (Å²) in [5, 5.41) is 0. The maximum Gasteiger partial charge on any atom is 0.0302 e. The fraction of sp³-hybridized carbons (Fsp3) is 0.722. The number of nitrogens with zero attached hydrogens (tertiary/aromatic N) is 1. The van der Waals surface area contributed by atoms with E-state index in [2.05, 4.69) is 37.9 Å². The summed E-state index contributed by atoms with van der Waals surface area (Å²) in [6.07, 6.45) is 12.5. The Kier molecular flexibility index (Phi) is 5.42. The normalized spacial score (nSPS) is 26.1. The van der Waals surface area contributed by atoms with Crippen LogP contribution in [0.1, 0.15) is 70.8 Å². The molecule has 0 radical (unpaired) electrons. The Bertz CT molecular complexity index is 357. The molecule has 0 bridgehead atoms. The van der Waals surface area contributed by atoms with E-state index in [-0.39, 0.29) is 0 Å². The van der Waals surface area contributed by atoms with Crippen molar-refractivity contribution >= 4 is 0 Å². The lowest BCUT2D eigenvalue weighted by Crippen LogP contribution is -2.08. The number of aromatic nitrogens is 1. The van der Waals surface area contributed by atoms with E-state index < -0.39 is 0 Å². The number of hydrogen-bond acceptors (Lipinski definition) is 1. The monoisotopic (exact) mass is 259 g/mol. The number of rotatable bonds is 4. The van der Waals surface area contributed by atoms with E-state index in [4.69, 9.17) is 0 Å². The minimum atomic E-state index is 0.661. The molecule has 1 aromatic rings. The highest BCUT2D eigenvalue weighted by Crippen LogP contribution is 2.36. The van der Waals surface area contributed by atoms with Gasteiger partial charge < -0.3 is 0 Å². The number of hydrogen-bond donors (Lipinski definition) is 0. The average molecular weight is 259 g/mol. The molecule has 2 rings (SSSR count). The summed E-state index contributed by atoms with van der Waals surface area (Å²) in [5.74, 6) is 3.43. The molecule has 1 aromatic heterocycles. The molecule has 106 valence electrons. The van der Waals surface area contributed by atoms with Crippen molar-refractivity contribution in [2.24, 2.45) is 17.8 Å². The van der Waals surface area contributed by atoms with Crippen molar-refractivity contribution in [1.29, 1.82) is 0 Å². The first kappa shape index (κ1) is 14.6. The highest BCUT2D eigenvalue weighted by molar-refractivity contribution is 5.13. The van der Waals surface area contributed by atoms with Crippen molar-refractivity contribution < 1.29 is 0 Å². The van der Waals surface area contributed by atoms with E-state index in [0.717, 1.165) is 17.8 Å². The van der Waals surface area contributed by atoms with Gasteiger partial charge in [0, 0.05) is 12.4 Å². The van der Waals surface area contributed by atoms with Gasteiger partial charge >= 0.3 is 0 Å². The van der Waals surface area contributed by atoms with E-state index in [1.54, 1.807) is 0 Å². The van der Waals surface area contributed by atoms with Gasteiger partial charge in [0.15, 0.2) is 0 Å². The summed E-state index contributed by atoms with van der Waals surface area (Å²) in [6, 6.07) is 4.29. The molecule has 1 saturated carbocycles. The molecule has 0 aliphatic heterocycles. The van der Waals surface area contributed by atoms with Crippen LogP contribution in [0, 0.1) is 17.8 Å². The molecule has 0 N–H and O–H groups in total. The highest BCUT2D eigenvalue weighted by atomic mass is 14.6. The van der Waals surface area contributed by atoms with Crippen LogP contribution in [-0.4, -0.2) is 4.98 Å². The van der Waals surface area contributed by atoms with Crippen molar-refractivity contribution in [2.75, 3.05) is 0 Å². The SMILES string of the molecule is CC(CC1CCCC(C(C)C)CC1)c1cccnc1. The predicted molar refractivity (Wildman–Crippen MR) is 82.2 cm³/mol.